The van der Waals surface area contributed by atoms with Crippen molar-refractivity contribution >= 4 is 49.6 Å². The summed E-state index contributed by atoms with van der Waals surface area (Å²) < 4.78 is 28.6. The zero-order valence-electron chi connectivity index (χ0n) is 11.6. The minimum Gasteiger partial charge on any atom is -0.317 e. The van der Waals surface area contributed by atoms with Crippen LogP contribution >= 0.6 is 33.9 Å². The summed E-state index contributed by atoms with van der Waals surface area (Å²) in [5.41, 5.74) is 0.612. The van der Waals surface area contributed by atoms with Gasteiger partial charge in [-0.1, -0.05) is 19.1 Å². The van der Waals surface area contributed by atoms with E-state index in [0.717, 1.165) is 28.0 Å². The van der Waals surface area contributed by atoms with E-state index >= 15 is 0 Å². The van der Waals surface area contributed by atoms with Gasteiger partial charge in [-0.05, 0) is 66.4 Å². The van der Waals surface area contributed by atoms with Crippen LogP contribution in [0.15, 0.2) is 40.6 Å². The molecule has 0 unspecified atom stereocenters. The lowest BCUT2D eigenvalue weighted by molar-refractivity contribution is 0.603. The molecule has 114 valence electrons. The van der Waals surface area contributed by atoms with Crippen molar-refractivity contribution in [1.29, 1.82) is 0 Å². The summed E-state index contributed by atoms with van der Waals surface area (Å²) in [6.45, 7) is 3.83. The smallest absolute Gasteiger partial charge is 0.271 e. The number of sulfonamides is 1. The van der Waals surface area contributed by atoms with Crippen molar-refractivity contribution in [3.63, 3.8) is 0 Å². The molecule has 2 aromatic rings. The molecule has 0 aliphatic carbocycles. The third-order valence-electron chi connectivity index (χ3n) is 2.82. The van der Waals surface area contributed by atoms with Gasteiger partial charge < -0.3 is 5.32 Å². The quantitative estimate of drug-likeness (QED) is 0.518. The molecule has 0 saturated carbocycles. The van der Waals surface area contributed by atoms with Gasteiger partial charge in [-0.2, -0.15) is 0 Å². The number of anilines is 1. The molecule has 0 radical (unpaired) electrons. The van der Waals surface area contributed by atoms with Crippen LogP contribution in [0.5, 0.6) is 0 Å². The van der Waals surface area contributed by atoms with Crippen LogP contribution in [0.2, 0.25) is 0 Å². The zero-order valence-corrected chi connectivity index (χ0v) is 15.4. The van der Waals surface area contributed by atoms with Crippen LogP contribution in [0.25, 0.3) is 0 Å². The van der Waals surface area contributed by atoms with Crippen LogP contribution in [-0.2, 0) is 16.4 Å². The molecule has 0 aliphatic heterocycles. The Balaban J connectivity index is 2.11. The molecule has 7 heteroatoms. The highest BCUT2D eigenvalue weighted by molar-refractivity contribution is 14.1. The van der Waals surface area contributed by atoms with Gasteiger partial charge >= 0.3 is 0 Å². The van der Waals surface area contributed by atoms with E-state index in [1.165, 1.54) is 11.3 Å². The molecular weight excluding hydrogens is 419 g/mol. The molecule has 1 heterocycles. The summed E-state index contributed by atoms with van der Waals surface area (Å²) in [5.74, 6) is 0. The Labute approximate surface area is 143 Å². The lowest BCUT2D eigenvalue weighted by Crippen LogP contribution is -2.15. The Kier molecular flexibility index (Phi) is 6.03. The molecule has 4 nitrogen and oxygen atoms in total. The predicted molar refractivity (Wildman–Crippen MR) is 96.5 cm³/mol. The summed E-state index contributed by atoms with van der Waals surface area (Å²) in [4.78, 5) is 1.07. The van der Waals surface area contributed by atoms with Gasteiger partial charge in [0.15, 0.2) is 0 Å². The highest BCUT2D eigenvalue weighted by Gasteiger charge is 2.17. The van der Waals surface area contributed by atoms with E-state index in [-0.39, 0.29) is 0 Å². The predicted octanol–water partition coefficient (Wildman–Crippen LogP) is 3.31. The monoisotopic (exact) mass is 436 g/mol. The van der Waals surface area contributed by atoms with Crippen LogP contribution in [0.4, 0.5) is 5.69 Å². The van der Waals surface area contributed by atoms with Crippen molar-refractivity contribution in [2.45, 2.75) is 17.6 Å². The zero-order chi connectivity index (χ0) is 15.3. The number of hydrogen-bond acceptors (Lipinski definition) is 4. The average molecular weight is 436 g/mol. The lowest BCUT2D eigenvalue weighted by Gasteiger charge is -2.07. The van der Waals surface area contributed by atoms with Gasteiger partial charge in [0.25, 0.3) is 10.0 Å². The highest BCUT2D eigenvalue weighted by Crippen LogP contribution is 2.26. The molecule has 0 atom stereocenters. The standard InChI is InChI=1S/C14H17IN2O2S2/c1-2-16-10-9-11-7-8-14(20-11)21(18,19)17-13-6-4-3-5-12(13)15/h3-8,16-17H,2,9-10H2,1H3. The van der Waals surface area contributed by atoms with Crippen LogP contribution in [0, 0.1) is 3.57 Å². The van der Waals surface area contributed by atoms with Crippen molar-refractivity contribution in [1.82, 2.24) is 5.32 Å². The molecule has 2 N–H and O–H groups in total. The maximum Gasteiger partial charge on any atom is 0.271 e. The number of thiophene rings is 1. The number of likely N-dealkylation sites (N-methyl/N-ethyl adjacent to an activating group) is 1. The van der Waals surface area contributed by atoms with Crippen molar-refractivity contribution in [3.05, 3.63) is 44.8 Å². The number of para-hydroxylation sites is 1. The van der Waals surface area contributed by atoms with E-state index in [9.17, 15) is 8.42 Å². The first-order valence-electron chi connectivity index (χ1n) is 6.59. The van der Waals surface area contributed by atoms with E-state index < -0.39 is 10.0 Å². The highest BCUT2D eigenvalue weighted by atomic mass is 127. The van der Waals surface area contributed by atoms with Crippen molar-refractivity contribution in [2.75, 3.05) is 17.8 Å². The normalized spacial score (nSPS) is 11.5. The van der Waals surface area contributed by atoms with Crippen LogP contribution < -0.4 is 10.0 Å². The average Bonchev–Trinajstić information content (AvgIpc) is 2.91. The maximum absolute atomic E-state index is 12.4. The summed E-state index contributed by atoms with van der Waals surface area (Å²) >= 11 is 3.44. The van der Waals surface area contributed by atoms with Gasteiger partial charge in [0.2, 0.25) is 0 Å². The number of hydrogen-bond donors (Lipinski definition) is 2. The molecule has 21 heavy (non-hydrogen) atoms. The SMILES string of the molecule is CCNCCc1ccc(S(=O)(=O)Nc2ccccc2I)s1. The molecule has 0 fully saturated rings. The fourth-order valence-corrected chi connectivity index (χ4v) is 4.90. The Morgan fingerprint density at radius 2 is 1.95 bits per heavy atom. The van der Waals surface area contributed by atoms with E-state index in [1.807, 2.05) is 24.3 Å². The second kappa shape index (κ2) is 7.57. The first kappa shape index (κ1) is 16.7. The Hall–Kier alpha value is -0.640. The van der Waals surface area contributed by atoms with Gasteiger partial charge in [-0.25, -0.2) is 8.42 Å². The van der Waals surface area contributed by atoms with Crippen molar-refractivity contribution in [3.8, 4) is 0 Å². The Bertz CT molecular complexity index is 699. The maximum atomic E-state index is 12.4. The van der Waals surface area contributed by atoms with Gasteiger partial charge in [-0.15, -0.1) is 11.3 Å². The minimum absolute atomic E-state index is 0.355. The molecule has 0 aliphatic rings. The molecule has 2 rings (SSSR count). The second-order valence-electron chi connectivity index (χ2n) is 4.41. The van der Waals surface area contributed by atoms with E-state index in [0.29, 0.717) is 9.90 Å². The van der Waals surface area contributed by atoms with E-state index in [1.54, 1.807) is 12.1 Å². The summed E-state index contributed by atoms with van der Waals surface area (Å²) in [6.07, 6.45) is 0.844. The largest absolute Gasteiger partial charge is 0.317 e. The molecule has 0 saturated heterocycles. The number of nitrogens with one attached hydrogen (secondary N) is 2. The third-order valence-corrected chi connectivity index (χ3v) is 6.76. The van der Waals surface area contributed by atoms with Gasteiger partial charge in [0.05, 0.1) is 5.69 Å². The van der Waals surface area contributed by atoms with Crippen molar-refractivity contribution < 1.29 is 8.42 Å². The first-order chi connectivity index (χ1) is 10.0. The van der Waals surface area contributed by atoms with Crippen molar-refractivity contribution in [2.24, 2.45) is 0 Å². The van der Waals surface area contributed by atoms with Gasteiger partial charge in [-0.3, -0.25) is 4.72 Å². The fourth-order valence-electron chi connectivity index (χ4n) is 1.76. The molecule has 1 aromatic carbocycles. The van der Waals surface area contributed by atoms with E-state index in [4.69, 9.17) is 0 Å². The molecule has 0 spiro atoms. The number of halogens is 1. The van der Waals surface area contributed by atoms with Crippen LogP contribution in [-0.4, -0.2) is 21.5 Å². The van der Waals surface area contributed by atoms with E-state index in [2.05, 4.69) is 39.6 Å². The minimum atomic E-state index is -3.50. The Morgan fingerprint density at radius 1 is 1.19 bits per heavy atom. The Morgan fingerprint density at radius 3 is 2.67 bits per heavy atom. The summed E-state index contributed by atoms with van der Waals surface area (Å²) in [5, 5.41) is 3.23. The topological polar surface area (TPSA) is 58.2 Å². The fraction of sp³-hybridized carbons (Fsp3) is 0.286. The second-order valence-corrected chi connectivity index (χ2v) is 8.65. The molecule has 0 amide bonds. The molecular formula is C14H17IN2O2S2. The third kappa shape index (κ3) is 4.67. The number of benzene rings is 1. The van der Waals surface area contributed by atoms with Crippen LogP contribution in [0.1, 0.15) is 11.8 Å². The number of rotatable bonds is 7. The van der Waals surface area contributed by atoms with Crippen LogP contribution in [0.3, 0.4) is 0 Å². The molecule has 1 aromatic heterocycles. The first-order valence-corrected chi connectivity index (χ1v) is 9.97. The summed E-state index contributed by atoms with van der Waals surface area (Å²) in [7, 11) is -3.50. The molecule has 0 bridgehead atoms. The van der Waals surface area contributed by atoms with Gasteiger partial charge in [0, 0.05) is 8.45 Å². The lowest BCUT2D eigenvalue weighted by atomic mass is 10.3. The van der Waals surface area contributed by atoms with Gasteiger partial charge in [0.1, 0.15) is 4.21 Å². The summed E-state index contributed by atoms with van der Waals surface area (Å²) in [6, 6.07) is 10.9.